The number of aromatic nitrogens is 2. The van der Waals surface area contributed by atoms with Crippen LogP contribution >= 0.6 is 11.4 Å². The Bertz CT molecular complexity index is 1080. The summed E-state index contributed by atoms with van der Waals surface area (Å²) in [5.41, 5.74) is 2.41. The van der Waals surface area contributed by atoms with E-state index in [1.54, 1.807) is 6.20 Å². The quantitative estimate of drug-likeness (QED) is 0.372. The number of hydrogen-bond acceptors (Lipinski definition) is 7. The van der Waals surface area contributed by atoms with Crippen LogP contribution in [0.1, 0.15) is 47.1 Å². The molecule has 4 bridgehead atoms. The van der Waals surface area contributed by atoms with Crippen molar-refractivity contribution in [1.29, 1.82) is 0 Å². The molecule has 2 unspecified atom stereocenters. The summed E-state index contributed by atoms with van der Waals surface area (Å²) in [6.45, 7) is 3.54. The molecule has 7 nitrogen and oxygen atoms in total. The van der Waals surface area contributed by atoms with Crippen LogP contribution in [0, 0.1) is 5.92 Å². The Morgan fingerprint density at radius 2 is 2.09 bits per heavy atom. The molecule has 0 radical (unpaired) electrons. The van der Waals surface area contributed by atoms with E-state index in [1.807, 2.05) is 36.5 Å². The van der Waals surface area contributed by atoms with Crippen LogP contribution in [0.15, 0.2) is 52.2 Å². The number of thiol groups is 1. The van der Waals surface area contributed by atoms with E-state index in [1.165, 1.54) is 16.3 Å². The molecule has 0 aromatic carbocycles. The number of nitrogens with zero attached hydrogens (tertiary/aromatic N) is 4. The van der Waals surface area contributed by atoms with E-state index in [0.29, 0.717) is 18.0 Å². The first kappa shape index (κ1) is 21.0. The van der Waals surface area contributed by atoms with Gasteiger partial charge in [0.1, 0.15) is 11.6 Å². The largest absolute Gasteiger partial charge is 0.362 e. The minimum Gasteiger partial charge on any atom is -0.362 e. The van der Waals surface area contributed by atoms with Gasteiger partial charge < -0.3 is 15.5 Å². The molecule has 1 fully saturated rings. The van der Waals surface area contributed by atoms with Crippen molar-refractivity contribution in [2.45, 2.75) is 31.8 Å². The summed E-state index contributed by atoms with van der Waals surface area (Å²) in [6.07, 6.45) is 7.68. The van der Waals surface area contributed by atoms with E-state index in [2.05, 4.69) is 25.9 Å². The number of carbonyl (C=O) groups is 1. The van der Waals surface area contributed by atoms with E-state index in [-0.39, 0.29) is 6.04 Å². The predicted molar refractivity (Wildman–Crippen MR) is 131 cm³/mol. The molecule has 166 valence electrons. The molecule has 32 heavy (non-hydrogen) atoms. The number of hydrogen-bond donors (Lipinski definition) is 3. The maximum absolute atomic E-state index is 11.7. The molecule has 5 rings (SSSR count). The highest BCUT2D eigenvalue weighted by molar-refractivity contribution is 8.02. The number of pyridine rings is 2. The highest BCUT2D eigenvalue weighted by atomic mass is 32.1. The Balaban J connectivity index is 1.47. The van der Waals surface area contributed by atoms with Crippen LogP contribution in [0.25, 0.3) is 0 Å². The summed E-state index contributed by atoms with van der Waals surface area (Å²) >= 11 is 1.21. The average Bonchev–Trinajstić information content (AvgIpc) is 3.30. The highest BCUT2D eigenvalue weighted by Gasteiger charge is 2.27. The second kappa shape index (κ2) is 9.75. The number of aldehydes is 1. The van der Waals surface area contributed by atoms with Gasteiger partial charge in [-0.2, -0.15) is 11.4 Å². The summed E-state index contributed by atoms with van der Waals surface area (Å²) in [5, 5.41) is 9.23. The molecule has 3 aliphatic rings. The molecule has 8 heteroatoms. The smallest absolute Gasteiger partial charge is 0.151 e. The van der Waals surface area contributed by atoms with Crippen molar-refractivity contribution < 1.29 is 4.79 Å². The summed E-state index contributed by atoms with van der Waals surface area (Å²) in [4.78, 5) is 29.6. The van der Waals surface area contributed by atoms with Gasteiger partial charge in [0.05, 0.1) is 17.4 Å². The molecule has 5 heterocycles. The third kappa shape index (κ3) is 4.66. The lowest BCUT2D eigenvalue weighted by molar-refractivity contribution is 0.112. The summed E-state index contributed by atoms with van der Waals surface area (Å²) in [6, 6.07) is 9.62. The van der Waals surface area contributed by atoms with Crippen LogP contribution < -0.4 is 10.6 Å². The lowest BCUT2D eigenvalue weighted by atomic mass is 9.95. The van der Waals surface area contributed by atoms with Crippen molar-refractivity contribution >= 4 is 35.0 Å². The predicted octanol–water partition coefficient (Wildman–Crippen LogP) is 3.17. The Morgan fingerprint density at radius 3 is 3.03 bits per heavy atom. The molecule has 2 aromatic rings. The minimum absolute atomic E-state index is 0.0677. The minimum atomic E-state index is -0.0677. The Hall–Kier alpha value is -2.84. The van der Waals surface area contributed by atoms with Crippen molar-refractivity contribution in [3.05, 3.63) is 64.2 Å². The zero-order chi connectivity index (χ0) is 21.8. The Labute approximate surface area is 192 Å². The van der Waals surface area contributed by atoms with E-state index in [4.69, 9.17) is 9.98 Å². The van der Waals surface area contributed by atoms with Crippen molar-refractivity contribution in [3.8, 4) is 0 Å². The maximum atomic E-state index is 11.7. The lowest BCUT2D eigenvalue weighted by Crippen LogP contribution is -2.25. The third-order valence-corrected chi connectivity index (χ3v) is 7.21. The summed E-state index contributed by atoms with van der Waals surface area (Å²) in [5.74, 6) is 2.53. The monoisotopic (exact) mass is 448 g/mol. The Kier molecular flexibility index (Phi) is 6.41. The fraction of sp³-hybridized carbons (Fsp3) is 0.375. The second-order valence-electron chi connectivity index (χ2n) is 8.42. The fourth-order valence-electron chi connectivity index (χ4n) is 4.66. The van der Waals surface area contributed by atoms with Crippen LogP contribution in [0.3, 0.4) is 0 Å². The third-order valence-electron chi connectivity index (χ3n) is 6.26. The van der Waals surface area contributed by atoms with Gasteiger partial charge in [0.2, 0.25) is 0 Å². The van der Waals surface area contributed by atoms with Gasteiger partial charge in [-0.05, 0) is 54.8 Å². The van der Waals surface area contributed by atoms with Gasteiger partial charge in [-0.15, -0.1) is 0 Å². The zero-order valence-electron chi connectivity index (χ0n) is 17.9. The van der Waals surface area contributed by atoms with E-state index in [0.717, 1.165) is 68.2 Å². The summed E-state index contributed by atoms with van der Waals surface area (Å²) < 4.78 is 0. The van der Waals surface area contributed by atoms with E-state index < -0.39 is 0 Å². The molecular formula is C24H28N6OS. The standard InChI is InChI=1S/C24H28N6OS/c31-16-18-3-2-9-26-23(18)20-7-6-17-8-11-30(15-17)24-21(32-12-10-27-24)14-25-13-19-4-1-5-22(28-19)29-20/h1-5,9-10,12,16-17,20,25,32H,6-8,11,13-15H2,(H,28,29). The zero-order valence-corrected chi connectivity index (χ0v) is 18.8. The van der Waals surface area contributed by atoms with Crippen molar-refractivity contribution in [3.63, 3.8) is 0 Å². The maximum Gasteiger partial charge on any atom is 0.151 e. The lowest BCUT2D eigenvalue weighted by Gasteiger charge is -2.24. The van der Waals surface area contributed by atoms with Crippen molar-refractivity contribution in [2.75, 3.05) is 25.0 Å². The van der Waals surface area contributed by atoms with Crippen LogP contribution in [-0.2, 0) is 6.54 Å². The molecule has 1 saturated heterocycles. The first-order chi connectivity index (χ1) is 15.8. The fourth-order valence-corrected chi connectivity index (χ4v) is 5.49. The Morgan fingerprint density at radius 1 is 1.12 bits per heavy atom. The SMILES string of the molecule is O=Cc1cccnc1C1CCC2CCN(C2)C2=C(CNCc3cccc(n3)N1)[SH]=CC=N2. The van der Waals surface area contributed by atoms with Crippen molar-refractivity contribution in [1.82, 2.24) is 20.2 Å². The van der Waals surface area contributed by atoms with E-state index >= 15 is 0 Å². The molecule has 0 saturated carbocycles. The van der Waals surface area contributed by atoms with Gasteiger partial charge in [0, 0.05) is 49.1 Å². The number of aliphatic imine (C=N–C) groups is 1. The van der Waals surface area contributed by atoms with E-state index in [9.17, 15) is 4.79 Å². The van der Waals surface area contributed by atoms with Gasteiger partial charge in [0.15, 0.2) is 6.29 Å². The number of anilines is 1. The molecule has 3 aliphatic heterocycles. The van der Waals surface area contributed by atoms with Crippen LogP contribution in [0.4, 0.5) is 5.82 Å². The molecule has 0 aliphatic carbocycles. The molecule has 2 aromatic heterocycles. The molecule has 0 amide bonds. The van der Waals surface area contributed by atoms with Gasteiger partial charge in [0.25, 0.3) is 0 Å². The van der Waals surface area contributed by atoms with Crippen molar-refractivity contribution in [2.24, 2.45) is 10.9 Å². The highest BCUT2D eigenvalue weighted by Crippen LogP contribution is 2.32. The summed E-state index contributed by atoms with van der Waals surface area (Å²) in [7, 11) is 0. The number of carbonyl (C=O) groups excluding carboxylic acids is 1. The molecule has 2 atom stereocenters. The average molecular weight is 449 g/mol. The molecular weight excluding hydrogens is 420 g/mol. The number of nitrogens with one attached hydrogen (secondary N) is 2. The van der Waals surface area contributed by atoms with Gasteiger partial charge in [-0.1, -0.05) is 6.07 Å². The van der Waals surface area contributed by atoms with Crippen LogP contribution in [0.2, 0.25) is 0 Å². The van der Waals surface area contributed by atoms with Crippen LogP contribution in [-0.4, -0.2) is 52.4 Å². The number of fused-ring (bicyclic) bond motifs is 5. The second-order valence-corrected chi connectivity index (χ2v) is 9.51. The van der Waals surface area contributed by atoms with Gasteiger partial charge in [-0.25, -0.2) is 9.98 Å². The van der Waals surface area contributed by atoms with Gasteiger partial charge in [-0.3, -0.25) is 9.78 Å². The normalized spacial score (nSPS) is 23.4. The number of rotatable bonds is 2. The van der Waals surface area contributed by atoms with Gasteiger partial charge >= 0.3 is 0 Å². The molecule has 2 N–H and O–H groups in total. The first-order valence-electron chi connectivity index (χ1n) is 11.2. The molecule has 0 spiro atoms. The topological polar surface area (TPSA) is 82.5 Å². The first-order valence-corrected chi connectivity index (χ1v) is 12.1. The van der Waals surface area contributed by atoms with Crippen LogP contribution in [0.5, 0.6) is 0 Å².